The van der Waals surface area contributed by atoms with Gasteiger partial charge in [-0.2, -0.15) is 13.2 Å². The van der Waals surface area contributed by atoms with Crippen LogP contribution in [0.2, 0.25) is 0 Å². The van der Waals surface area contributed by atoms with Crippen LogP contribution in [0.3, 0.4) is 0 Å². The van der Waals surface area contributed by atoms with E-state index in [9.17, 15) is 18.0 Å². The first-order valence-corrected chi connectivity index (χ1v) is 9.87. The van der Waals surface area contributed by atoms with E-state index < -0.39 is 11.7 Å². The lowest BCUT2D eigenvalue weighted by molar-refractivity contribution is -0.138. The van der Waals surface area contributed by atoms with Crippen LogP contribution in [0.1, 0.15) is 46.3 Å². The molecule has 2 aliphatic heterocycles. The summed E-state index contributed by atoms with van der Waals surface area (Å²) in [5.41, 5.74) is -0.144. The lowest BCUT2D eigenvalue weighted by Crippen LogP contribution is -2.33. The molecule has 2 fully saturated rings. The Morgan fingerprint density at radius 1 is 1.10 bits per heavy atom. The summed E-state index contributed by atoms with van der Waals surface area (Å²) in [7, 11) is 0. The normalized spacial score (nSPS) is 26.4. The van der Waals surface area contributed by atoms with E-state index in [0.29, 0.717) is 62.9 Å². The molecule has 3 aliphatic rings. The number of alkyl halides is 3. The third-order valence-electron chi connectivity index (χ3n) is 6.45. The van der Waals surface area contributed by atoms with Crippen molar-refractivity contribution < 1.29 is 22.7 Å². The van der Waals surface area contributed by atoms with Gasteiger partial charge in [-0.3, -0.25) is 4.79 Å². The Morgan fingerprint density at radius 3 is 2.55 bits per heavy atom. The number of hydrogen-bond acceptors (Lipinski definition) is 4. The molecule has 1 amide bonds. The summed E-state index contributed by atoms with van der Waals surface area (Å²) in [6.07, 6.45) is -2.99. The highest BCUT2D eigenvalue weighted by Crippen LogP contribution is 2.49. The minimum atomic E-state index is -4.34. The lowest BCUT2D eigenvalue weighted by Gasteiger charge is -2.22. The number of carbonyl (C=O) groups excluding carboxylic acids is 1. The third kappa shape index (κ3) is 3.21. The maximum absolute atomic E-state index is 13.4. The SMILES string of the molecule is O=C(c1nnc2n1CCOC2)N1C[C@H]2CC(c3ccccc3C(F)(F)F)C[C@H]2C1. The first kappa shape index (κ1) is 18.6. The number of carbonyl (C=O) groups is 1. The van der Waals surface area contributed by atoms with Crippen LogP contribution in [0.15, 0.2) is 24.3 Å². The van der Waals surface area contributed by atoms with Gasteiger partial charge in [0.05, 0.1) is 12.2 Å². The molecule has 1 aromatic carbocycles. The minimum absolute atomic E-state index is 0.113. The molecule has 5 rings (SSSR count). The van der Waals surface area contributed by atoms with E-state index in [2.05, 4.69) is 10.2 Å². The van der Waals surface area contributed by atoms with Gasteiger partial charge in [-0.1, -0.05) is 18.2 Å². The van der Waals surface area contributed by atoms with Crippen LogP contribution in [0.25, 0.3) is 0 Å². The average Bonchev–Trinajstić information content (AvgIpc) is 3.39. The van der Waals surface area contributed by atoms with E-state index in [1.54, 1.807) is 17.0 Å². The fourth-order valence-electron chi connectivity index (χ4n) is 5.13. The van der Waals surface area contributed by atoms with Crippen molar-refractivity contribution in [2.75, 3.05) is 19.7 Å². The average molecular weight is 406 g/mol. The molecule has 0 radical (unpaired) electrons. The first-order chi connectivity index (χ1) is 13.9. The van der Waals surface area contributed by atoms with Gasteiger partial charge in [0.2, 0.25) is 5.82 Å². The van der Waals surface area contributed by atoms with Gasteiger partial charge in [0, 0.05) is 19.6 Å². The number of nitrogens with zero attached hydrogens (tertiary/aromatic N) is 4. The van der Waals surface area contributed by atoms with Gasteiger partial charge in [0.15, 0.2) is 5.82 Å². The molecule has 154 valence electrons. The van der Waals surface area contributed by atoms with E-state index in [4.69, 9.17) is 4.74 Å². The molecule has 29 heavy (non-hydrogen) atoms. The van der Waals surface area contributed by atoms with Crippen molar-refractivity contribution in [2.24, 2.45) is 11.8 Å². The topological polar surface area (TPSA) is 60.3 Å². The van der Waals surface area contributed by atoms with Crippen LogP contribution in [0.5, 0.6) is 0 Å². The summed E-state index contributed by atoms with van der Waals surface area (Å²) in [6.45, 7) is 2.56. The molecule has 1 saturated carbocycles. The highest BCUT2D eigenvalue weighted by atomic mass is 19.4. The third-order valence-corrected chi connectivity index (χ3v) is 6.45. The Labute approximate surface area is 165 Å². The van der Waals surface area contributed by atoms with E-state index in [1.165, 1.54) is 6.07 Å². The van der Waals surface area contributed by atoms with E-state index in [-0.39, 0.29) is 23.7 Å². The molecule has 3 atom stereocenters. The van der Waals surface area contributed by atoms with Crippen LogP contribution in [0, 0.1) is 11.8 Å². The molecule has 1 unspecified atom stereocenters. The summed E-state index contributed by atoms with van der Waals surface area (Å²) in [6, 6.07) is 5.87. The number of halogens is 3. The second-order valence-electron chi connectivity index (χ2n) is 8.13. The molecule has 0 spiro atoms. The molecule has 6 nitrogen and oxygen atoms in total. The van der Waals surface area contributed by atoms with Gasteiger partial charge in [-0.25, -0.2) is 0 Å². The highest BCUT2D eigenvalue weighted by molar-refractivity contribution is 5.91. The van der Waals surface area contributed by atoms with Gasteiger partial charge >= 0.3 is 6.18 Å². The van der Waals surface area contributed by atoms with Crippen molar-refractivity contribution in [3.8, 4) is 0 Å². The summed E-state index contributed by atoms with van der Waals surface area (Å²) >= 11 is 0. The molecular weight excluding hydrogens is 385 g/mol. The Hall–Kier alpha value is -2.42. The van der Waals surface area contributed by atoms with Crippen molar-refractivity contribution in [3.63, 3.8) is 0 Å². The van der Waals surface area contributed by atoms with Crippen LogP contribution >= 0.6 is 0 Å². The maximum Gasteiger partial charge on any atom is 0.416 e. The van der Waals surface area contributed by atoms with Crippen LogP contribution in [-0.2, 0) is 24.1 Å². The Balaban J connectivity index is 1.30. The molecule has 9 heteroatoms. The first-order valence-electron chi connectivity index (χ1n) is 9.87. The lowest BCUT2D eigenvalue weighted by atomic mass is 9.91. The zero-order chi connectivity index (χ0) is 20.2. The number of amides is 1. The second-order valence-corrected chi connectivity index (χ2v) is 8.13. The van der Waals surface area contributed by atoms with E-state index >= 15 is 0 Å². The largest absolute Gasteiger partial charge is 0.416 e. The molecule has 0 N–H and O–H groups in total. The van der Waals surface area contributed by atoms with E-state index in [0.717, 1.165) is 6.07 Å². The van der Waals surface area contributed by atoms with Crippen LogP contribution < -0.4 is 0 Å². The number of ether oxygens (including phenoxy) is 1. The quantitative estimate of drug-likeness (QED) is 0.769. The van der Waals surface area contributed by atoms with Crippen molar-refractivity contribution in [1.82, 2.24) is 19.7 Å². The van der Waals surface area contributed by atoms with Gasteiger partial charge in [0.1, 0.15) is 6.61 Å². The van der Waals surface area contributed by atoms with Crippen molar-refractivity contribution >= 4 is 5.91 Å². The zero-order valence-corrected chi connectivity index (χ0v) is 15.7. The molecule has 0 bridgehead atoms. The highest BCUT2D eigenvalue weighted by Gasteiger charge is 2.45. The number of hydrogen-bond donors (Lipinski definition) is 0. The van der Waals surface area contributed by atoms with Crippen molar-refractivity contribution in [2.45, 2.75) is 38.1 Å². The predicted octanol–water partition coefficient (Wildman–Crippen LogP) is 3.09. The van der Waals surface area contributed by atoms with Gasteiger partial charge in [-0.15, -0.1) is 10.2 Å². The molecular formula is C20H21F3N4O2. The number of rotatable bonds is 2. The summed E-state index contributed by atoms with van der Waals surface area (Å²) in [5, 5.41) is 8.09. The number of aromatic nitrogens is 3. The second kappa shape index (κ2) is 6.83. The minimum Gasteiger partial charge on any atom is -0.372 e. The fourth-order valence-corrected chi connectivity index (χ4v) is 5.13. The van der Waals surface area contributed by atoms with Crippen molar-refractivity contribution in [1.29, 1.82) is 0 Å². The van der Waals surface area contributed by atoms with Crippen LogP contribution in [0.4, 0.5) is 13.2 Å². The maximum atomic E-state index is 13.4. The number of benzene rings is 1. The molecule has 1 aromatic heterocycles. The Kier molecular flexibility index (Phi) is 4.38. The summed E-state index contributed by atoms with van der Waals surface area (Å²) in [4.78, 5) is 14.7. The van der Waals surface area contributed by atoms with E-state index in [1.807, 2.05) is 4.57 Å². The van der Waals surface area contributed by atoms with Crippen molar-refractivity contribution in [3.05, 3.63) is 47.0 Å². The summed E-state index contributed by atoms with van der Waals surface area (Å²) in [5.74, 6) is 1.17. The molecule has 1 aliphatic carbocycles. The monoisotopic (exact) mass is 406 g/mol. The molecule has 3 heterocycles. The molecule has 2 aromatic rings. The number of fused-ring (bicyclic) bond motifs is 2. The van der Waals surface area contributed by atoms with Gasteiger partial charge < -0.3 is 14.2 Å². The standard InChI is InChI=1S/C20H21F3N4O2/c21-20(22,23)16-4-2-1-3-15(16)12-7-13-9-26(10-14(13)8-12)19(28)18-25-24-17-11-29-6-5-27(17)18/h1-4,12-14H,5-11H2/t12?,13-,14+. The van der Waals surface area contributed by atoms with Gasteiger partial charge in [0.25, 0.3) is 5.91 Å². The predicted molar refractivity (Wildman–Crippen MR) is 96.0 cm³/mol. The zero-order valence-electron chi connectivity index (χ0n) is 15.7. The molecule has 1 saturated heterocycles. The van der Waals surface area contributed by atoms with Gasteiger partial charge in [-0.05, 0) is 42.2 Å². The fraction of sp³-hybridized carbons (Fsp3) is 0.550. The number of likely N-dealkylation sites (tertiary alicyclic amines) is 1. The Morgan fingerprint density at radius 2 is 1.83 bits per heavy atom. The smallest absolute Gasteiger partial charge is 0.372 e. The van der Waals surface area contributed by atoms with Crippen LogP contribution in [-0.4, -0.2) is 45.3 Å². The summed E-state index contributed by atoms with van der Waals surface area (Å²) < 4.78 is 47.3. The Bertz CT molecular complexity index is 928.